The first-order valence-corrected chi connectivity index (χ1v) is 6.85. The van der Waals surface area contributed by atoms with Gasteiger partial charge < -0.3 is 5.11 Å². The summed E-state index contributed by atoms with van der Waals surface area (Å²) in [5.74, 6) is 1.15. The van der Waals surface area contributed by atoms with Crippen LogP contribution in [0, 0.1) is 17.3 Å². The van der Waals surface area contributed by atoms with E-state index in [1.165, 1.54) is 32.1 Å². The molecule has 2 fully saturated rings. The minimum atomic E-state index is -0.588. The number of carboxylic acid groups (broad SMARTS) is 1. The fourth-order valence-electron chi connectivity index (χ4n) is 3.57. The van der Waals surface area contributed by atoms with Gasteiger partial charge in [0.25, 0.3) is 0 Å². The monoisotopic (exact) mass is 224 g/mol. The van der Waals surface area contributed by atoms with Gasteiger partial charge >= 0.3 is 5.97 Å². The summed E-state index contributed by atoms with van der Waals surface area (Å²) in [6, 6.07) is 0. The maximum atomic E-state index is 11.2. The number of carbonyl (C=O) groups is 1. The Morgan fingerprint density at radius 1 is 1.00 bits per heavy atom. The maximum absolute atomic E-state index is 11.2. The van der Waals surface area contributed by atoms with Crippen molar-refractivity contribution in [2.75, 3.05) is 0 Å². The quantitative estimate of drug-likeness (QED) is 0.773. The minimum Gasteiger partial charge on any atom is -0.481 e. The molecule has 2 aliphatic rings. The van der Waals surface area contributed by atoms with Crippen molar-refractivity contribution in [3.8, 4) is 0 Å². The highest BCUT2D eigenvalue weighted by Crippen LogP contribution is 2.44. The van der Waals surface area contributed by atoms with Crippen molar-refractivity contribution in [1.29, 1.82) is 0 Å². The van der Waals surface area contributed by atoms with Crippen molar-refractivity contribution in [2.45, 2.75) is 64.7 Å². The van der Waals surface area contributed by atoms with E-state index >= 15 is 0 Å². The van der Waals surface area contributed by atoms with Crippen molar-refractivity contribution < 1.29 is 9.90 Å². The number of aliphatic carboxylic acids is 1. The standard InChI is InChI=1S/C14H24O2/c1-14(13(15)16)9-7-12(8-10-14)11-5-3-2-4-6-11/h11-12H,2-10H2,1H3,(H,15,16). The summed E-state index contributed by atoms with van der Waals surface area (Å²) < 4.78 is 0. The number of hydrogen-bond acceptors (Lipinski definition) is 1. The first kappa shape index (κ1) is 11.9. The molecule has 16 heavy (non-hydrogen) atoms. The highest BCUT2D eigenvalue weighted by atomic mass is 16.4. The lowest BCUT2D eigenvalue weighted by Crippen LogP contribution is -2.34. The summed E-state index contributed by atoms with van der Waals surface area (Å²) in [4.78, 5) is 11.2. The van der Waals surface area contributed by atoms with Crippen LogP contribution in [0.3, 0.4) is 0 Å². The van der Waals surface area contributed by atoms with Crippen molar-refractivity contribution >= 4 is 5.97 Å². The van der Waals surface area contributed by atoms with Crippen LogP contribution in [0.5, 0.6) is 0 Å². The van der Waals surface area contributed by atoms with E-state index in [4.69, 9.17) is 0 Å². The van der Waals surface area contributed by atoms with E-state index in [9.17, 15) is 9.90 Å². The van der Waals surface area contributed by atoms with Crippen LogP contribution in [0.25, 0.3) is 0 Å². The van der Waals surface area contributed by atoms with Crippen LogP contribution in [-0.2, 0) is 4.79 Å². The van der Waals surface area contributed by atoms with Gasteiger partial charge in [-0.25, -0.2) is 0 Å². The zero-order chi connectivity index (χ0) is 11.6. The Kier molecular flexibility index (Phi) is 3.56. The summed E-state index contributed by atoms with van der Waals surface area (Å²) in [5.41, 5.74) is -0.425. The lowest BCUT2D eigenvalue weighted by molar-refractivity contribution is -0.150. The average Bonchev–Trinajstić information content (AvgIpc) is 2.31. The molecule has 0 aromatic carbocycles. The molecule has 92 valence electrons. The topological polar surface area (TPSA) is 37.3 Å². The Hall–Kier alpha value is -0.530. The zero-order valence-electron chi connectivity index (χ0n) is 10.4. The second-order valence-electron chi connectivity index (χ2n) is 6.10. The highest BCUT2D eigenvalue weighted by molar-refractivity contribution is 5.74. The second kappa shape index (κ2) is 4.77. The molecule has 0 aliphatic heterocycles. The summed E-state index contributed by atoms with van der Waals surface area (Å²) in [6.07, 6.45) is 11.1. The van der Waals surface area contributed by atoms with Gasteiger partial charge in [0, 0.05) is 0 Å². The fourth-order valence-corrected chi connectivity index (χ4v) is 3.57. The lowest BCUT2D eigenvalue weighted by atomic mass is 9.66. The largest absolute Gasteiger partial charge is 0.481 e. The van der Waals surface area contributed by atoms with Gasteiger partial charge in [0.05, 0.1) is 5.41 Å². The molecule has 0 aromatic rings. The minimum absolute atomic E-state index is 0.425. The molecule has 0 spiro atoms. The van der Waals surface area contributed by atoms with Gasteiger partial charge in [-0.2, -0.15) is 0 Å². The summed E-state index contributed by atoms with van der Waals surface area (Å²) in [6.45, 7) is 1.92. The molecule has 2 aliphatic carbocycles. The first-order chi connectivity index (χ1) is 7.62. The molecule has 0 amide bonds. The molecule has 2 rings (SSSR count). The Bertz CT molecular complexity index is 245. The predicted molar refractivity (Wildman–Crippen MR) is 64.3 cm³/mol. The third-order valence-corrected chi connectivity index (χ3v) is 4.97. The van der Waals surface area contributed by atoms with Crippen LogP contribution in [0.2, 0.25) is 0 Å². The molecule has 0 bridgehead atoms. The third-order valence-electron chi connectivity index (χ3n) is 4.97. The molecule has 0 unspecified atom stereocenters. The van der Waals surface area contributed by atoms with Crippen LogP contribution < -0.4 is 0 Å². The fraction of sp³-hybridized carbons (Fsp3) is 0.929. The van der Waals surface area contributed by atoms with Gasteiger partial charge in [-0.3, -0.25) is 4.79 Å². The van der Waals surface area contributed by atoms with Crippen LogP contribution in [-0.4, -0.2) is 11.1 Å². The van der Waals surface area contributed by atoms with Crippen LogP contribution >= 0.6 is 0 Å². The Labute approximate surface area is 98.4 Å². The number of carboxylic acids is 1. The first-order valence-electron chi connectivity index (χ1n) is 6.85. The summed E-state index contributed by atoms with van der Waals surface area (Å²) >= 11 is 0. The molecule has 2 nitrogen and oxygen atoms in total. The van der Waals surface area contributed by atoms with Gasteiger partial charge in [-0.05, 0) is 44.4 Å². The third kappa shape index (κ3) is 2.41. The second-order valence-corrected chi connectivity index (χ2v) is 6.10. The van der Waals surface area contributed by atoms with E-state index in [1.54, 1.807) is 0 Å². The molecule has 0 heterocycles. The maximum Gasteiger partial charge on any atom is 0.309 e. The van der Waals surface area contributed by atoms with Crippen molar-refractivity contribution in [2.24, 2.45) is 17.3 Å². The molecule has 2 saturated carbocycles. The van der Waals surface area contributed by atoms with Gasteiger partial charge in [-0.15, -0.1) is 0 Å². The van der Waals surface area contributed by atoms with Crippen molar-refractivity contribution in [3.63, 3.8) is 0 Å². The van der Waals surface area contributed by atoms with Gasteiger partial charge in [0.2, 0.25) is 0 Å². The molecule has 0 atom stereocenters. The Balaban J connectivity index is 1.87. The summed E-state index contributed by atoms with van der Waals surface area (Å²) in [7, 11) is 0. The van der Waals surface area contributed by atoms with E-state index in [2.05, 4.69) is 0 Å². The SMILES string of the molecule is CC1(C(=O)O)CCC(C2CCCCC2)CC1. The van der Waals surface area contributed by atoms with Gasteiger partial charge in [0.15, 0.2) is 0 Å². The zero-order valence-corrected chi connectivity index (χ0v) is 10.4. The molecule has 1 N–H and O–H groups in total. The molecule has 0 saturated heterocycles. The van der Waals surface area contributed by atoms with E-state index in [1.807, 2.05) is 6.92 Å². The summed E-state index contributed by atoms with van der Waals surface area (Å²) in [5, 5.41) is 9.19. The van der Waals surface area contributed by atoms with Crippen LogP contribution in [0.1, 0.15) is 64.7 Å². The average molecular weight is 224 g/mol. The van der Waals surface area contributed by atoms with E-state index in [-0.39, 0.29) is 0 Å². The van der Waals surface area contributed by atoms with Crippen LogP contribution in [0.4, 0.5) is 0 Å². The Morgan fingerprint density at radius 3 is 2.00 bits per heavy atom. The van der Waals surface area contributed by atoms with Crippen molar-refractivity contribution in [1.82, 2.24) is 0 Å². The molecule has 0 radical (unpaired) electrons. The Morgan fingerprint density at radius 2 is 1.50 bits per heavy atom. The van der Waals surface area contributed by atoms with E-state index in [0.717, 1.165) is 37.5 Å². The lowest BCUT2D eigenvalue weighted by Gasteiger charge is -2.38. The molecule has 2 heteroatoms. The van der Waals surface area contributed by atoms with Gasteiger partial charge in [-0.1, -0.05) is 32.1 Å². The highest BCUT2D eigenvalue weighted by Gasteiger charge is 2.39. The number of rotatable bonds is 2. The smallest absolute Gasteiger partial charge is 0.309 e. The normalized spacial score (nSPS) is 37.2. The predicted octanol–water partition coefficient (Wildman–Crippen LogP) is 3.85. The van der Waals surface area contributed by atoms with E-state index < -0.39 is 11.4 Å². The van der Waals surface area contributed by atoms with Crippen molar-refractivity contribution in [3.05, 3.63) is 0 Å². The van der Waals surface area contributed by atoms with Gasteiger partial charge in [0.1, 0.15) is 0 Å². The number of hydrogen-bond donors (Lipinski definition) is 1. The molecular formula is C14H24O2. The van der Waals surface area contributed by atoms with E-state index in [0.29, 0.717) is 0 Å². The molecular weight excluding hydrogens is 200 g/mol. The molecule has 0 aromatic heterocycles. The van der Waals surface area contributed by atoms with Crippen LogP contribution in [0.15, 0.2) is 0 Å².